The molecule has 2 aromatic heterocycles. The van der Waals surface area contributed by atoms with Gasteiger partial charge in [-0.05, 0) is 27.8 Å². The largest absolute Gasteiger partial charge is 0.295 e. The Morgan fingerprint density at radius 1 is 1.42 bits per heavy atom. The van der Waals surface area contributed by atoms with Gasteiger partial charge in [0.05, 0.1) is 12.7 Å². The van der Waals surface area contributed by atoms with E-state index >= 15 is 0 Å². The summed E-state index contributed by atoms with van der Waals surface area (Å²) < 4.78 is 3.61. The van der Waals surface area contributed by atoms with Crippen LogP contribution in [0.1, 0.15) is 32.6 Å². The van der Waals surface area contributed by atoms with Crippen LogP contribution in [-0.2, 0) is 13.1 Å². The summed E-state index contributed by atoms with van der Waals surface area (Å²) in [6.07, 6.45) is 1.64. The van der Waals surface area contributed by atoms with Crippen molar-refractivity contribution >= 4 is 11.0 Å². The van der Waals surface area contributed by atoms with Gasteiger partial charge in [0.2, 0.25) is 0 Å². The fraction of sp³-hybridized carbons (Fsp3) is 0.615. The zero-order valence-corrected chi connectivity index (χ0v) is 11.8. The summed E-state index contributed by atoms with van der Waals surface area (Å²) in [5, 5.41) is 4.91. The first-order valence-corrected chi connectivity index (χ1v) is 6.66. The Bertz CT molecular complexity index is 684. The zero-order valence-electron chi connectivity index (χ0n) is 11.8. The molecule has 0 N–H and O–H groups in total. The fourth-order valence-corrected chi connectivity index (χ4v) is 2.53. The molecule has 0 bridgehead atoms. The molecule has 0 radical (unpaired) electrons. The van der Waals surface area contributed by atoms with Gasteiger partial charge >= 0.3 is 0 Å². The number of fused-ring (bicyclic) bond motifs is 2. The van der Waals surface area contributed by atoms with Crippen molar-refractivity contribution in [1.82, 2.24) is 24.2 Å². The molecule has 3 heterocycles. The minimum atomic E-state index is 0.0341. The molecule has 0 saturated heterocycles. The van der Waals surface area contributed by atoms with E-state index in [0.717, 1.165) is 5.82 Å². The molecule has 6 nitrogen and oxygen atoms in total. The van der Waals surface area contributed by atoms with Crippen LogP contribution in [0.15, 0.2) is 11.0 Å². The third-order valence-electron chi connectivity index (χ3n) is 3.87. The van der Waals surface area contributed by atoms with Gasteiger partial charge in [-0.3, -0.25) is 14.3 Å². The van der Waals surface area contributed by atoms with Crippen molar-refractivity contribution < 1.29 is 0 Å². The van der Waals surface area contributed by atoms with E-state index in [1.54, 1.807) is 10.8 Å². The van der Waals surface area contributed by atoms with Crippen molar-refractivity contribution in [3.05, 3.63) is 22.4 Å². The predicted molar refractivity (Wildman–Crippen MR) is 73.1 cm³/mol. The molecule has 102 valence electrons. The standard InChI is InChI=1S/C13H19N5O/c1-8(2)18-12-10(5-14-18)13(19)17-6-9(3)16(4)7-11(17)15-12/h5,8-9H,6-7H2,1-4H3. The normalized spacial score (nSPS) is 20.2. The van der Waals surface area contributed by atoms with Crippen LogP contribution in [-0.4, -0.2) is 37.3 Å². The molecule has 0 aliphatic carbocycles. The molecular formula is C13H19N5O. The van der Waals surface area contributed by atoms with Gasteiger partial charge in [-0.2, -0.15) is 5.10 Å². The second-order valence-corrected chi connectivity index (χ2v) is 5.63. The van der Waals surface area contributed by atoms with Gasteiger partial charge in [0.1, 0.15) is 11.2 Å². The Labute approximate surface area is 111 Å². The molecule has 1 atom stereocenters. The Hall–Kier alpha value is -1.69. The topological polar surface area (TPSA) is 56.0 Å². The first-order valence-electron chi connectivity index (χ1n) is 6.66. The Kier molecular flexibility index (Phi) is 2.70. The van der Waals surface area contributed by atoms with E-state index < -0.39 is 0 Å². The van der Waals surface area contributed by atoms with Gasteiger partial charge < -0.3 is 0 Å². The number of likely N-dealkylation sites (N-methyl/N-ethyl adjacent to an activating group) is 1. The highest BCUT2D eigenvalue weighted by molar-refractivity contribution is 5.73. The molecular weight excluding hydrogens is 242 g/mol. The highest BCUT2D eigenvalue weighted by Crippen LogP contribution is 2.17. The van der Waals surface area contributed by atoms with Crippen molar-refractivity contribution in [2.24, 2.45) is 0 Å². The molecule has 0 amide bonds. The van der Waals surface area contributed by atoms with E-state index in [-0.39, 0.29) is 11.6 Å². The molecule has 1 aliphatic heterocycles. The first-order chi connectivity index (χ1) is 8.99. The summed E-state index contributed by atoms with van der Waals surface area (Å²) in [5.41, 5.74) is 0.737. The highest BCUT2D eigenvalue weighted by atomic mass is 16.1. The number of hydrogen-bond donors (Lipinski definition) is 0. The lowest BCUT2D eigenvalue weighted by Gasteiger charge is -2.31. The first kappa shape index (κ1) is 12.3. The van der Waals surface area contributed by atoms with Crippen LogP contribution in [0.25, 0.3) is 11.0 Å². The SMILES string of the molecule is CC1Cn2c(nc3c(cnn3C(C)C)c2=O)CN1C. The van der Waals surface area contributed by atoms with E-state index in [1.165, 1.54) is 0 Å². The van der Waals surface area contributed by atoms with Gasteiger partial charge in [0.15, 0.2) is 5.65 Å². The number of hydrogen-bond acceptors (Lipinski definition) is 4. The molecule has 0 saturated carbocycles. The molecule has 2 aromatic rings. The highest BCUT2D eigenvalue weighted by Gasteiger charge is 2.24. The average molecular weight is 261 g/mol. The summed E-state index contributed by atoms with van der Waals surface area (Å²) in [6, 6.07) is 0.553. The molecule has 3 rings (SSSR count). The molecule has 1 unspecified atom stereocenters. The lowest BCUT2D eigenvalue weighted by Crippen LogP contribution is -2.43. The van der Waals surface area contributed by atoms with Crippen LogP contribution in [0.3, 0.4) is 0 Å². The minimum Gasteiger partial charge on any atom is -0.295 e. The monoisotopic (exact) mass is 261 g/mol. The average Bonchev–Trinajstić information content (AvgIpc) is 2.76. The Morgan fingerprint density at radius 2 is 2.16 bits per heavy atom. The van der Waals surface area contributed by atoms with Gasteiger partial charge in [0, 0.05) is 18.6 Å². The number of aromatic nitrogens is 4. The van der Waals surface area contributed by atoms with Crippen LogP contribution in [0, 0.1) is 0 Å². The van der Waals surface area contributed by atoms with E-state index in [4.69, 9.17) is 0 Å². The summed E-state index contributed by atoms with van der Waals surface area (Å²) in [5.74, 6) is 0.834. The molecule has 0 aromatic carbocycles. The predicted octanol–water partition coefficient (Wildman–Crippen LogP) is 1.01. The third kappa shape index (κ3) is 1.78. The van der Waals surface area contributed by atoms with Crippen molar-refractivity contribution in [1.29, 1.82) is 0 Å². The Morgan fingerprint density at radius 3 is 2.84 bits per heavy atom. The van der Waals surface area contributed by atoms with Crippen molar-refractivity contribution in [2.45, 2.75) is 45.9 Å². The summed E-state index contributed by atoms with van der Waals surface area (Å²) >= 11 is 0. The lowest BCUT2D eigenvalue weighted by atomic mass is 10.2. The molecule has 0 spiro atoms. The van der Waals surface area contributed by atoms with Crippen LogP contribution in [0.4, 0.5) is 0 Å². The number of rotatable bonds is 1. The molecule has 1 aliphatic rings. The minimum absolute atomic E-state index is 0.0341. The maximum atomic E-state index is 12.5. The van der Waals surface area contributed by atoms with Crippen LogP contribution in [0.2, 0.25) is 0 Å². The Balaban J connectivity index is 2.27. The fourth-order valence-electron chi connectivity index (χ4n) is 2.53. The second-order valence-electron chi connectivity index (χ2n) is 5.63. The maximum absolute atomic E-state index is 12.5. The van der Waals surface area contributed by atoms with Crippen LogP contribution >= 0.6 is 0 Å². The van der Waals surface area contributed by atoms with Crippen LogP contribution < -0.4 is 5.56 Å². The maximum Gasteiger partial charge on any atom is 0.264 e. The molecule has 0 fully saturated rings. The van der Waals surface area contributed by atoms with E-state index in [2.05, 4.69) is 29.0 Å². The van der Waals surface area contributed by atoms with Gasteiger partial charge in [-0.25, -0.2) is 9.67 Å². The van der Waals surface area contributed by atoms with E-state index in [0.29, 0.717) is 30.2 Å². The van der Waals surface area contributed by atoms with Crippen molar-refractivity contribution in [2.75, 3.05) is 7.05 Å². The summed E-state index contributed by atoms with van der Waals surface area (Å²) in [4.78, 5) is 19.4. The molecule has 19 heavy (non-hydrogen) atoms. The third-order valence-corrected chi connectivity index (χ3v) is 3.87. The van der Waals surface area contributed by atoms with Gasteiger partial charge in [0.25, 0.3) is 5.56 Å². The van der Waals surface area contributed by atoms with Crippen molar-refractivity contribution in [3.63, 3.8) is 0 Å². The van der Waals surface area contributed by atoms with Gasteiger partial charge in [-0.1, -0.05) is 0 Å². The van der Waals surface area contributed by atoms with E-state index in [1.807, 2.05) is 18.5 Å². The second kappa shape index (κ2) is 4.16. The molecule has 6 heteroatoms. The van der Waals surface area contributed by atoms with Crippen LogP contribution in [0.5, 0.6) is 0 Å². The van der Waals surface area contributed by atoms with Gasteiger partial charge in [-0.15, -0.1) is 0 Å². The quantitative estimate of drug-likeness (QED) is 0.768. The zero-order chi connectivity index (χ0) is 13.7. The summed E-state index contributed by atoms with van der Waals surface area (Å²) in [7, 11) is 2.06. The summed E-state index contributed by atoms with van der Waals surface area (Å²) in [6.45, 7) is 7.60. The van der Waals surface area contributed by atoms with E-state index in [9.17, 15) is 4.79 Å². The van der Waals surface area contributed by atoms with Crippen molar-refractivity contribution in [3.8, 4) is 0 Å². The lowest BCUT2D eigenvalue weighted by molar-refractivity contribution is 0.183. The number of nitrogens with zero attached hydrogens (tertiary/aromatic N) is 5. The smallest absolute Gasteiger partial charge is 0.264 e.